The topological polar surface area (TPSA) is 0 Å². The van der Waals surface area contributed by atoms with Crippen molar-refractivity contribution in [3.8, 4) is 11.1 Å². The molecular formula is C25H22B5Br. The molecule has 1 aliphatic rings. The Bertz CT molecular complexity index is 1320. The normalized spacial score (nSPS) is 16.7. The van der Waals surface area contributed by atoms with Gasteiger partial charge in [0.25, 0.3) is 0 Å². The van der Waals surface area contributed by atoms with E-state index in [0.717, 1.165) is 4.47 Å². The number of hydrogen-bond acceptors (Lipinski definition) is 0. The summed E-state index contributed by atoms with van der Waals surface area (Å²) in [4.78, 5) is 0. The molecule has 0 saturated heterocycles. The van der Waals surface area contributed by atoms with Crippen LogP contribution < -0.4 is 27.3 Å². The molecule has 0 aromatic heterocycles. The van der Waals surface area contributed by atoms with Crippen molar-refractivity contribution in [2.24, 2.45) is 0 Å². The van der Waals surface area contributed by atoms with E-state index in [4.69, 9.17) is 0 Å². The highest BCUT2D eigenvalue weighted by molar-refractivity contribution is 9.10. The minimum absolute atomic E-state index is 0.339. The number of hydrogen-bond donors (Lipinski definition) is 0. The van der Waals surface area contributed by atoms with Crippen molar-refractivity contribution in [3.05, 3.63) is 99.5 Å². The summed E-state index contributed by atoms with van der Waals surface area (Å²) in [5.74, 6) is 0. The summed E-state index contributed by atoms with van der Waals surface area (Å²) in [6.45, 7) is 0. The van der Waals surface area contributed by atoms with Crippen LogP contribution in [0, 0.1) is 0 Å². The maximum atomic E-state index is 3.78. The van der Waals surface area contributed by atoms with Crippen LogP contribution in [-0.2, 0) is 5.41 Å². The molecule has 0 saturated carbocycles. The average molecular weight is 456 g/mol. The van der Waals surface area contributed by atoms with Gasteiger partial charge in [0.05, 0.1) is 5.41 Å². The minimum atomic E-state index is -0.339. The van der Waals surface area contributed by atoms with E-state index in [2.05, 4.69) is 128 Å². The van der Waals surface area contributed by atoms with Crippen LogP contribution in [0.3, 0.4) is 0 Å². The first-order chi connectivity index (χ1) is 14.9. The van der Waals surface area contributed by atoms with E-state index in [1.165, 1.54) is 60.7 Å². The summed E-state index contributed by atoms with van der Waals surface area (Å²) >= 11 is 3.78. The minimum Gasteiger partial charge on any atom is -0.102 e. The van der Waals surface area contributed by atoms with Gasteiger partial charge in [-0.3, -0.25) is 0 Å². The van der Waals surface area contributed by atoms with Gasteiger partial charge in [-0.1, -0.05) is 87.5 Å². The lowest BCUT2D eigenvalue weighted by atomic mass is 9.53. The zero-order chi connectivity index (χ0) is 21.9. The third-order valence-corrected chi connectivity index (χ3v) is 8.08. The molecule has 6 heteroatoms. The molecule has 4 aromatic rings. The molecule has 31 heavy (non-hydrogen) atoms. The van der Waals surface area contributed by atoms with Crippen LogP contribution in [0.2, 0.25) is 0 Å². The third kappa shape index (κ3) is 2.74. The molecule has 0 amide bonds. The first-order valence-corrected chi connectivity index (χ1v) is 11.7. The molecule has 4 aromatic carbocycles. The number of halogens is 1. The van der Waals surface area contributed by atoms with Crippen molar-refractivity contribution < 1.29 is 0 Å². The van der Waals surface area contributed by atoms with Gasteiger partial charge in [0, 0.05) is 4.47 Å². The lowest BCUT2D eigenvalue weighted by molar-refractivity contribution is 0.780. The van der Waals surface area contributed by atoms with Gasteiger partial charge in [0.15, 0.2) is 0 Å². The fourth-order valence-corrected chi connectivity index (χ4v) is 6.09. The predicted molar refractivity (Wildman–Crippen MR) is 152 cm³/mol. The highest BCUT2D eigenvalue weighted by Crippen LogP contribution is 2.55. The zero-order valence-corrected chi connectivity index (χ0v) is 20.4. The Hall–Kier alpha value is -2.32. The molecule has 1 atom stereocenters. The molecule has 0 fully saturated rings. The molecule has 0 bridgehead atoms. The van der Waals surface area contributed by atoms with Crippen LogP contribution in [0.25, 0.3) is 11.1 Å². The lowest BCUT2D eigenvalue weighted by Crippen LogP contribution is -2.59. The molecule has 0 aliphatic heterocycles. The number of fused-ring (bicyclic) bond motifs is 3. The van der Waals surface area contributed by atoms with E-state index >= 15 is 0 Å². The van der Waals surface area contributed by atoms with Crippen LogP contribution >= 0.6 is 15.9 Å². The second-order valence-electron chi connectivity index (χ2n) is 8.85. The van der Waals surface area contributed by atoms with Gasteiger partial charge in [-0.15, -0.1) is 16.4 Å². The van der Waals surface area contributed by atoms with Gasteiger partial charge in [-0.05, 0) is 45.5 Å². The van der Waals surface area contributed by atoms with E-state index in [-0.39, 0.29) is 5.41 Å². The highest BCUT2D eigenvalue weighted by atomic mass is 79.9. The Kier molecular flexibility index (Phi) is 4.90. The van der Waals surface area contributed by atoms with Gasteiger partial charge < -0.3 is 0 Å². The average Bonchev–Trinajstić information content (AvgIpc) is 3.07. The highest BCUT2D eigenvalue weighted by Gasteiger charge is 2.47. The number of benzene rings is 4. The molecule has 5 rings (SSSR count). The SMILES string of the molecule is Bc1c(B)c(B)c(C2(c3ccccc3)c3ccccc3-c3ccc(Br)cc32)c(B)c1B. The van der Waals surface area contributed by atoms with E-state index in [0.29, 0.717) is 0 Å². The predicted octanol–water partition coefficient (Wildman–Crippen LogP) is -1.90. The Labute approximate surface area is 198 Å². The molecule has 0 nitrogen and oxygen atoms in total. The first kappa shape index (κ1) is 20.6. The first-order valence-electron chi connectivity index (χ1n) is 10.9. The van der Waals surface area contributed by atoms with Gasteiger partial charge in [-0.25, -0.2) is 0 Å². The summed E-state index contributed by atoms with van der Waals surface area (Å²) in [6, 6.07) is 26.8. The van der Waals surface area contributed by atoms with E-state index in [1.807, 2.05) is 0 Å². The summed E-state index contributed by atoms with van der Waals surface area (Å²) in [5.41, 5.74) is 14.8. The molecule has 1 unspecified atom stereocenters. The summed E-state index contributed by atoms with van der Waals surface area (Å²) < 4.78 is 1.12. The Morgan fingerprint density at radius 3 is 1.77 bits per heavy atom. The third-order valence-electron chi connectivity index (χ3n) is 7.59. The maximum Gasteiger partial charge on any atom is 0.138 e. The fourth-order valence-electron chi connectivity index (χ4n) is 5.73. The van der Waals surface area contributed by atoms with Crippen LogP contribution in [0.4, 0.5) is 0 Å². The van der Waals surface area contributed by atoms with Gasteiger partial charge in [0.2, 0.25) is 0 Å². The molecule has 1 aliphatic carbocycles. The van der Waals surface area contributed by atoms with Crippen molar-refractivity contribution in [2.75, 3.05) is 0 Å². The quantitative estimate of drug-likeness (QED) is 0.273. The molecule has 0 heterocycles. The van der Waals surface area contributed by atoms with E-state index in [9.17, 15) is 0 Å². The molecule has 144 valence electrons. The molecule has 0 N–H and O–H groups in total. The summed E-state index contributed by atoms with van der Waals surface area (Å²) in [7, 11) is 11.4. The maximum absolute atomic E-state index is 3.78. The second-order valence-corrected chi connectivity index (χ2v) is 9.77. The largest absolute Gasteiger partial charge is 0.138 e. The van der Waals surface area contributed by atoms with Gasteiger partial charge in [-0.2, -0.15) is 0 Å². The van der Waals surface area contributed by atoms with Gasteiger partial charge in [0.1, 0.15) is 39.2 Å². The molecule has 0 spiro atoms. The standard InChI is InChI=1S/C25H22B5Br/c26-20-19(21(27)23(29)24(30)22(20)28)25(13-6-2-1-3-7-13)17-9-5-4-8-15(17)16-11-10-14(31)12-18(16)25/h1-12H,26-30H2. The van der Waals surface area contributed by atoms with E-state index < -0.39 is 0 Å². The summed E-state index contributed by atoms with van der Waals surface area (Å²) in [6.07, 6.45) is 0. The lowest BCUT2D eigenvalue weighted by Gasteiger charge is -2.38. The summed E-state index contributed by atoms with van der Waals surface area (Å²) in [5, 5.41) is 0. The van der Waals surface area contributed by atoms with Crippen LogP contribution in [-0.4, -0.2) is 39.2 Å². The van der Waals surface area contributed by atoms with Crippen molar-refractivity contribution in [1.82, 2.24) is 0 Å². The monoisotopic (exact) mass is 456 g/mol. The molecule has 0 radical (unpaired) electrons. The fraction of sp³-hybridized carbons (Fsp3) is 0.0400. The second kappa shape index (κ2) is 7.38. The van der Waals surface area contributed by atoms with Crippen molar-refractivity contribution >= 4 is 82.5 Å². The van der Waals surface area contributed by atoms with Crippen molar-refractivity contribution in [2.45, 2.75) is 5.41 Å². The Morgan fingerprint density at radius 2 is 1.10 bits per heavy atom. The van der Waals surface area contributed by atoms with Crippen LogP contribution in [0.1, 0.15) is 22.3 Å². The van der Waals surface area contributed by atoms with Crippen molar-refractivity contribution in [1.29, 1.82) is 0 Å². The molecular weight excluding hydrogens is 434 g/mol. The number of rotatable bonds is 2. The van der Waals surface area contributed by atoms with Crippen LogP contribution in [0.5, 0.6) is 0 Å². The van der Waals surface area contributed by atoms with Gasteiger partial charge >= 0.3 is 0 Å². The Morgan fingerprint density at radius 1 is 0.548 bits per heavy atom. The zero-order valence-electron chi connectivity index (χ0n) is 18.8. The Balaban J connectivity index is 2.07. The van der Waals surface area contributed by atoms with Crippen molar-refractivity contribution in [3.63, 3.8) is 0 Å². The van der Waals surface area contributed by atoms with E-state index in [1.54, 1.807) is 0 Å². The van der Waals surface area contributed by atoms with Crippen LogP contribution in [0.15, 0.2) is 77.3 Å². The smallest absolute Gasteiger partial charge is 0.102 e.